The molecule has 1 saturated carbocycles. The second-order valence-corrected chi connectivity index (χ2v) is 6.86. The second-order valence-electron chi connectivity index (χ2n) is 6.11. The summed E-state index contributed by atoms with van der Waals surface area (Å²) in [6, 6.07) is -0.346. The Kier molecular flexibility index (Phi) is 6.49. The van der Waals surface area contributed by atoms with E-state index < -0.39 is 0 Å². The van der Waals surface area contributed by atoms with Gasteiger partial charge in [0.05, 0.1) is 11.7 Å². The molecule has 1 aliphatic carbocycles. The molecule has 0 aromatic carbocycles. The van der Waals surface area contributed by atoms with E-state index in [1.165, 1.54) is 6.42 Å². The summed E-state index contributed by atoms with van der Waals surface area (Å²) >= 11 is 1.09. The number of nitrogens with zero attached hydrogens (tertiary/aromatic N) is 2. The van der Waals surface area contributed by atoms with Crippen molar-refractivity contribution < 1.29 is 9.59 Å². The van der Waals surface area contributed by atoms with Gasteiger partial charge in [0.2, 0.25) is 0 Å². The van der Waals surface area contributed by atoms with Crippen LogP contribution < -0.4 is 5.32 Å². The van der Waals surface area contributed by atoms with Crippen LogP contribution in [0.15, 0.2) is 0 Å². The number of amides is 1. The highest BCUT2D eigenvalue weighted by molar-refractivity contribution is 7.08. The lowest BCUT2D eigenvalue weighted by Gasteiger charge is -2.30. The van der Waals surface area contributed by atoms with Gasteiger partial charge >= 0.3 is 0 Å². The fourth-order valence-corrected chi connectivity index (χ4v) is 3.64. The Morgan fingerprint density at radius 1 is 1.32 bits per heavy atom. The minimum absolute atomic E-state index is 0.178. The van der Waals surface area contributed by atoms with Crippen molar-refractivity contribution in [1.82, 2.24) is 14.9 Å². The molecule has 1 aromatic heterocycles. The molecule has 2 rings (SSSR count). The van der Waals surface area contributed by atoms with Gasteiger partial charge in [-0.1, -0.05) is 37.1 Å². The number of hydrogen-bond donors (Lipinski definition) is 1. The Balaban J connectivity index is 2.07. The zero-order valence-electron chi connectivity index (χ0n) is 13.4. The van der Waals surface area contributed by atoms with E-state index in [1.54, 1.807) is 6.92 Å². The Bertz CT molecular complexity index is 509. The molecule has 0 spiro atoms. The van der Waals surface area contributed by atoms with E-state index in [0.29, 0.717) is 17.0 Å². The van der Waals surface area contributed by atoms with E-state index in [-0.39, 0.29) is 23.7 Å². The molecule has 1 N–H and O–H groups in total. The van der Waals surface area contributed by atoms with Crippen molar-refractivity contribution in [3.63, 3.8) is 0 Å². The van der Waals surface area contributed by atoms with Crippen LogP contribution in [0.4, 0.5) is 0 Å². The molecule has 0 saturated heterocycles. The van der Waals surface area contributed by atoms with E-state index in [0.717, 1.165) is 50.1 Å². The number of rotatable bonds is 7. The third-order valence-electron chi connectivity index (χ3n) is 4.39. The van der Waals surface area contributed by atoms with Crippen LogP contribution in [0.1, 0.15) is 73.7 Å². The van der Waals surface area contributed by atoms with E-state index in [4.69, 9.17) is 0 Å². The van der Waals surface area contributed by atoms with Gasteiger partial charge in [-0.3, -0.25) is 9.59 Å². The first-order valence-electron chi connectivity index (χ1n) is 8.26. The lowest BCUT2D eigenvalue weighted by atomic mass is 9.81. The van der Waals surface area contributed by atoms with Gasteiger partial charge in [0.15, 0.2) is 5.78 Å². The molecule has 0 aliphatic heterocycles. The van der Waals surface area contributed by atoms with Crippen molar-refractivity contribution in [2.24, 2.45) is 5.92 Å². The molecule has 1 amide bonds. The molecule has 0 bridgehead atoms. The maximum absolute atomic E-state index is 12.5. The van der Waals surface area contributed by atoms with Crippen molar-refractivity contribution in [1.29, 1.82) is 0 Å². The molecule has 1 unspecified atom stereocenters. The van der Waals surface area contributed by atoms with Crippen molar-refractivity contribution in [2.45, 2.75) is 71.3 Å². The van der Waals surface area contributed by atoms with Gasteiger partial charge in [0.1, 0.15) is 4.88 Å². The topological polar surface area (TPSA) is 72.0 Å². The van der Waals surface area contributed by atoms with E-state index in [9.17, 15) is 9.59 Å². The number of nitrogens with one attached hydrogen (secondary N) is 1. The number of unbranched alkanes of at least 4 members (excludes halogenated alkanes) is 1. The fourth-order valence-electron chi connectivity index (χ4n) is 3.08. The average molecular weight is 323 g/mol. The number of ketones is 1. The van der Waals surface area contributed by atoms with Gasteiger partial charge in [0, 0.05) is 6.42 Å². The first-order chi connectivity index (χ1) is 10.6. The van der Waals surface area contributed by atoms with Gasteiger partial charge < -0.3 is 5.32 Å². The summed E-state index contributed by atoms with van der Waals surface area (Å²) in [4.78, 5) is 25.5. The Morgan fingerprint density at radius 2 is 2.05 bits per heavy atom. The van der Waals surface area contributed by atoms with Gasteiger partial charge in [-0.15, -0.1) is 5.10 Å². The van der Waals surface area contributed by atoms with Crippen LogP contribution in [0.5, 0.6) is 0 Å². The lowest BCUT2D eigenvalue weighted by molar-refractivity contribution is -0.122. The summed E-state index contributed by atoms with van der Waals surface area (Å²) in [6.07, 6.45) is 8.04. The zero-order valence-corrected chi connectivity index (χ0v) is 14.2. The number of aryl methyl sites for hydroxylation is 1. The molecule has 122 valence electrons. The molecule has 22 heavy (non-hydrogen) atoms. The summed E-state index contributed by atoms with van der Waals surface area (Å²) in [7, 11) is 0. The SMILES string of the molecule is CCCCC(=O)C(NC(=O)c1snnc1C)C1CCCCC1. The normalized spacial score (nSPS) is 17.2. The summed E-state index contributed by atoms with van der Waals surface area (Å²) in [5.74, 6) is 0.258. The van der Waals surface area contributed by atoms with Crippen molar-refractivity contribution in [2.75, 3.05) is 0 Å². The third-order valence-corrected chi connectivity index (χ3v) is 5.22. The average Bonchev–Trinajstić information content (AvgIpc) is 2.97. The van der Waals surface area contributed by atoms with Gasteiger partial charge in [-0.2, -0.15) is 0 Å². The van der Waals surface area contributed by atoms with Crippen molar-refractivity contribution >= 4 is 23.2 Å². The fraction of sp³-hybridized carbons (Fsp3) is 0.750. The molecular formula is C16H25N3O2S. The number of aromatic nitrogens is 2. The van der Waals surface area contributed by atoms with Crippen LogP contribution in [0.3, 0.4) is 0 Å². The maximum Gasteiger partial charge on any atom is 0.265 e. The summed E-state index contributed by atoms with van der Waals surface area (Å²) in [6.45, 7) is 3.85. The van der Waals surface area contributed by atoms with E-state index in [2.05, 4.69) is 21.8 Å². The maximum atomic E-state index is 12.5. The number of Topliss-reactive ketones (excluding diaryl/α,β-unsaturated/α-hetero) is 1. The summed E-state index contributed by atoms with van der Waals surface area (Å²) in [5, 5.41) is 6.86. The Hall–Kier alpha value is -1.30. The molecule has 1 aliphatic rings. The van der Waals surface area contributed by atoms with Gasteiger partial charge in [-0.25, -0.2) is 0 Å². The van der Waals surface area contributed by atoms with Crippen LogP contribution in [0.25, 0.3) is 0 Å². The molecule has 1 fully saturated rings. The van der Waals surface area contributed by atoms with Gasteiger partial charge in [0.25, 0.3) is 5.91 Å². The third kappa shape index (κ3) is 4.35. The monoisotopic (exact) mass is 323 g/mol. The summed E-state index contributed by atoms with van der Waals surface area (Å²) in [5.41, 5.74) is 0.630. The van der Waals surface area contributed by atoms with Crippen LogP contribution in [-0.4, -0.2) is 27.3 Å². The molecular weight excluding hydrogens is 298 g/mol. The first kappa shape index (κ1) is 17.1. The largest absolute Gasteiger partial charge is 0.341 e. The Labute approximate surface area is 136 Å². The molecule has 6 heteroatoms. The molecule has 1 heterocycles. The van der Waals surface area contributed by atoms with Crippen LogP contribution in [0.2, 0.25) is 0 Å². The van der Waals surface area contributed by atoms with Crippen molar-refractivity contribution in [3.05, 3.63) is 10.6 Å². The highest BCUT2D eigenvalue weighted by atomic mass is 32.1. The summed E-state index contributed by atoms with van der Waals surface area (Å²) < 4.78 is 3.80. The molecule has 5 nitrogen and oxygen atoms in total. The molecule has 0 radical (unpaired) electrons. The standard InChI is InChI=1S/C16H25N3O2S/c1-3-4-10-13(20)14(12-8-6-5-7-9-12)17-16(21)15-11(2)18-19-22-15/h12,14H,3-10H2,1-2H3,(H,17,21). The minimum Gasteiger partial charge on any atom is -0.341 e. The van der Waals surface area contributed by atoms with Crippen molar-refractivity contribution in [3.8, 4) is 0 Å². The predicted molar refractivity (Wildman–Crippen MR) is 87.0 cm³/mol. The predicted octanol–water partition coefficient (Wildman–Crippen LogP) is 3.28. The molecule has 1 aromatic rings. The highest BCUT2D eigenvalue weighted by Crippen LogP contribution is 2.28. The smallest absolute Gasteiger partial charge is 0.265 e. The second kappa shape index (κ2) is 8.36. The van der Waals surface area contributed by atoms with E-state index in [1.807, 2.05) is 0 Å². The number of hydrogen-bond acceptors (Lipinski definition) is 5. The number of carbonyl (C=O) groups is 2. The number of carbonyl (C=O) groups excluding carboxylic acids is 2. The van der Waals surface area contributed by atoms with E-state index >= 15 is 0 Å². The highest BCUT2D eigenvalue weighted by Gasteiger charge is 2.31. The lowest BCUT2D eigenvalue weighted by Crippen LogP contribution is -2.46. The quantitative estimate of drug-likeness (QED) is 0.836. The van der Waals surface area contributed by atoms with Crippen LogP contribution >= 0.6 is 11.5 Å². The zero-order chi connectivity index (χ0) is 15.9. The molecule has 1 atom stereocenters. The first-order valence-corrected chi connectivity index (χ1v) is 9.03. The minimum atomic E-state index is -0.346. The Morgan fingerprint density at radius 3 is 2.64 bits per heavy atom. The van der Waals surface area contributed by atoms with Gasteiger partial charge in [-0.05, 0) is 43.6 Å². The van der Waals surface area contributed by atoms with Crippen LogP contribution in [-0.2, 0) is 4.79 Å². The van der Waals surface area contributed by atoms with Crippen LogP contribution in [0, 0.1) is 12.8 Å².